The smallest absolute Gasteiger partial charge is 0.262 e. The van der Waals surface area contributed by atoms with Crippen LogP contribution in [0.4, 0.5) is 5.69 Å². The van der Waals surface area contributed by atoms with Crippen LogP contribution in [0, 0.1) is 17.8 Å². The highest BCUT2D eigenvalue weighted by atomic mass is 79.9. The molecular formula is C33H36Br2N2O4. The molecule has 1 N–H and O–H groups in total. The van der Waals surface area contributed by atoms with E-state index in [1.807, 2.05) is 50.4 Å². The van der Waals surface area contributed by atoms with Gasteiger partial charge in [0.25, 0.3) is 5.91 Å². The van der Waals surface area contributed by atoms with Crippen LogP contribution >= 0.6 is 31.9 Å². The first-order valence-corrected chi connectivity index (χ1v) is 15.5. The van der Waals surface area contributed by atoms with Gasteiger partial charge in [-0.3, -0.25) is 14.4 Å². The SMILES string of the molecule is Cc1ccc(NC(=O)COc2c(Br)cc(C3C4=C(CC(C)(C)CC4=O)N(C)C4=C3C(=O)CC(C)(C)C4)cc2Br)cc1. The second kappa shape index (κ2) is 10.8. The van der Waals surface area contributed by atoms with Crippen LogP contribution in [0.25, 0.3) is 0 Å². The van der Waals surface area contributed by atoms with Crippen molar-refractivity contribution in [2.75, 3.05) is 19.0 Å². The molecule has 41 heavy (non-hydrogen) atoms. The number of amides is 1. The molecule has 0 atom stereocenters. The monoisotopic (exact) mass is 682 g/mol. The minimum atomic E-state index is -0.449. The molecule has 8 heteroatoms. The molecule has 0 saturated carbocycles. The molecule has 6 nitrogen and oxygen atoms in total. The number of nitrogens with zero attached hydrogens (tertiary/aromatic N) is 1. The van der Waals surface area contributed by atoms with E-state index in [0.29, 0.717) is 33.2 Å². The number of ketones is 2. The number of Topliss-reactive ketones (excluding diaryl/α,β-unsaturated/α-hetero) is 2. The lowest BCUT2D eigenvalue weighted by molar-refractivity contribution is -0.120. The van der Waals surface area contributed by atoms with Gasteiger partial charge in [0.05, 0.1) is 8.95 Å². The van der Waals surface area contributed by atoms with E-state index in [0.717, 1.165) is 46.5 Å². The maximum absolute atomic E-state index is 13.8. The first kappa shape index (κ1) is 29.8. The molecule has 216 valence electrons. The van der Waals surface area contributed by atoms with E-state index >= 15 is 0 Å². The molecule has 0 fully saturated rings. The third-order valence-electron chi connectivity index (χ3n) is 8.22. The molecule has 0 bridgehead atoms. The van der Waals surface area contributed by atoms with E-state index in [-0.39, 0.29) is 34.9 Å². The Labute approximate surface area is 258 Å². The molecule has 0 aromatic heterocycles. The number of hydrogen-bond acceptors (Lipinski definition) is 5. The van der Waals surface area contributed by atoms with Gasteiger partial charge in [0, 0.05) is 54.0 Å². The zero-order valence-electron chi connectivity index (χ0n) is 24.4. The van der Waals surface area contributed by atoms with Gasteiger partial charge in [0.1, 0.15) is 5.75 Å². The second-order valence-electron chi connectivity index (χ2n) is 13.1. The van der Waals surface area contributed by atoms with Crippen LogP contribution in [0.1, 0.15) is 70.4 Å². The average molecular weight is 684 g/mol. The van der Waals surface area contributed by atoms with Gasteiger partial charge in [-0.25, -0.2) is 0 Å². The minimum absolute atomic E-state index is 0.0950. The topological polar surface area (TPSA) is 75.7 Å². The number of benzene rings is 2. The lowest BCUT2D eigenvalue weighted by Gasteiger charge is -2.48. The number of allylic oxidation sites excluding steroid dienone is 4. The van der Waals surface area contributed by atoms with Crippen molar-refractivity contribution in [3.05, 3.63) is 79.0 Å². The Balaban J connectivity index is 1.50. The van der Waals surface area contributed by atoms with Gasteiger partial charge in [0.2, 0.25) is 0 Å². The van der Waals surface area contributed by atoms with Gasteiger partial charge in [-0.2, -0.15) is 0 Å². The number of nitrogens with one attached hydrogen (secondary N) is 1. The molecule has 2 aromatic carbocycles. The summed E-state index contributed by atoms with van der Waals surface area (Å²) in [6.07, 6.45) is 2.42. The summed E-state index contributed by atoms with van der Waals surface area (Å²) in [4.78, 5) is 42.2. The number of ether oxygens (including phenoxy) is 1. The summed E-state index contributed by atoms with van der Waals surface area (Å²) in [7, 11) is 2.01. The van der Waals surface area contributed by atoms with Gasteiger partial charge in [0.15, 0.2) is 18.2 Å². The summed E-state index contributed by atoms with van der Waals surface area (Å²) in [5.41, 5.74) is 5.83. The highest BCUT2D eigenvalue weighted by molar-refractivity contribution is 9.11. The number of carbonyl (C=O) groups is 3. The molecule has 1 aliphatic heterocycles. The predicted octanol–water partition coefficient (Wildman–Crippen LogP) is 7.85. The quantitative estimate of drug-likeness (QED) is 0.347. The van der Waals surface area contributed by atoms with Gasteiger partial charge in [-0.15, -0.1) is 0 Å². The van der Waals surface area contributed by atoms with E-state index in [9.17, 15) is 14.4 Å². The second-order valence-corrected chi connectivity index (χ2v) is 14.8. The highest BCUT2D eigenvalue weighted by Gasteiger charge is 2.48. The molecule has 1 amide bonds. The van der Waals surface area contributed by atoms with E-state index < -0.39 is 5.92 Å². The van der Waals surface area contributed by atoms with Gasteiger partial charge in [-0.05, 0) is 92.3 Å². The third kappa shape index (κ3) is 5.96. The Morgan fingerprint density at radius 3 is 1.88 bits per heavy atom. The lowest BCUT2D eigenvalue weighted by atomic mass is 9.64. The van der Waals surface area contributed by atoms with Crippen molar-refractivity contribution in [1.82, 2.24) is 4.90 Å². The largest absolute Gasteiger partial charge is 0.481 e. The Morgan fingerprint density at radius 1 is 0.902 bits per heavy atom. The number of rotatable bonds is 5. The van der Waals surface area contributed by atoms with Gasteiger partial charge < -0.3 is 15.0 Å². The normalized spacial score (nSPS) is 20.1. The van der Waals surface area contributed by atoms with Crippen molar-refractivity contribution in [3.8, 4) is 5.75 Å². The number of aryl methyl sites for hydroxylation is 1. The van der Waals surface area contributed by atoms with Crippen LogP contribution < -0.4 is 10.1 Å². The first-order chi connectivity index (χ1) is 19.2. The fourth-order valence-electron chi connectivity index (χ4n) is 6.35. The Kier molecular flexibility index (Phi) is 7.88. The van der Waals surface area contributed by atoms with E-state index in [2.05, 4.69) is 69.8 Å². The number of halogens is 2. The lowest BCUT2D eigenvalue weighted by Crippen LogP contribution is -2.43. The Hall–Kier alpha value is -2.71. The first-order valence-electron chi connectivity index (χ1n) is 13.9. The molecule has 2 aromatic rings. The molecule has 0 saturated heterocycles. The molecule has 2 aliphatic carbocycles. The van der Waals surface area contributed by atoms with Gasteiger partial charge >= 0.3 is 0 Å². The summed E-state index contributed by atoms with van der Waals surface area (Å²) in [6.45, 7) is 10.3. The van der Waals surface area contributed by atoms with E-state index in [1.165, 1.54) is 0 Å². The van der Waals surface area contributed by atoms with Crippen molar-refractivity contribution in [2.45, 2.75) is 66.2 Å². The average Bonchev–Trinajstić information content (AvgIpc) is 2.85. The van der Waals surface area contributed by atoms with Gasteiger partial charge in [-0.1, -0.05) is 45.4 Å². The van der Waals surface area contributed by atoms with Crippen molar-refractivity contribution in [3.63, 3.8) is 0 Å². The molecule has 5 rings (SSSR count). The molecule has 3 aliphatic rings. The van der Waals surface area contributed by atoms with Crippen LogP contribution in [0.2, 0.25) is 0 Å². The third-order valence-corrected chi connectivity index (χ3v) is 9.39. The molecule has 0 radical (unpaired) electrons. The minimum Gasteiger partial charge on any atom is -0.481 e. The molecule has 0 spiro atoms. The summed E-state index contributed by atoms with van der Waals surface area (Å²) >= 11 is 7.29. The number of carbonyl (C=O) groups excluding carboxylic acids is 3. The van der Waals surface area contributed by atoms with Crippen molar-refractivity contribution < 1.29 is 19.1 Å². The van der Waals surface area contributed by atoms with Crippen LogP contribution in [0.5, 0.6) is 5.75 Å². The zero-order chi connectivity index (χ0) is 29.9. The fraction of sp³-hybridized carbons (Fsp3) is 0.424. The zero-order valence-corrected chi connectivity index (χ0v) is 27.6. The van der Waals surface area contributed by atoms with Crippen LogP contribution in [-0.2, 0) is 14.4 Å². The summed E-state index contributed by atoms with van der Waals surface area (Å²) in [5, 5.41) is 2.84. The Morgan fingerprint density at radius 2 is 1.39 bits per heavy atom. The predicted molar refractivity (Wildman–Crippen MR) is 168 cm³/mol. The number of hydrogen-bond donors (Lipinski definition) is 1. The fourth-order valence-corrected chi connectivity index (χ4v) is 7.80. The highest BCUT2D eigenvalue weighted by Crippen LogP contribution is 2.54. The maximum Gasteiger partial charge on any atom is 0.262 e. The standard InChI is InChI=1S/C33H36Br2N2O4/c1-18-7-9-20(10-8-18)36-27(40)17-41-31-21(34)11-19(12-22(31)35)28-29-23(13-32(2,3)15-25(29)38)37(6)24-14-33(4,5)16-26(39)30(24)28/h7-12,28H,13-17H2,1-6H3,(H,36,40). The maximum atomic E-state index is 13.8. The van der Waals surface area contributed by atoms with Crippen LogP contribution in [0.3, 0.4) is 0 Å². The van der Waals surface area contributed by atoms with E-state index in [4.69, 9.17) is 4.74 Å². The summed E-state index contributed by atoms with van der Waals surface area (Å²) < 4.78 is 7.20. The molecule has 1 heterocycles. The molecule has 0 unspecified atom stereocenters. The van der Waals surface area contributed by atoms with Crippen molar-refractivity contribution in [2.24, 2.45) is 10.8 Å². The summed E-state index contributed by atoms with van der Waals surface area (Å²) in [6, 6.07) is 11.4. The van der Waals surface area contributed by atoms with Crippen LogP contribution in [0.15, 0.2) is 67.9 Å². The Bertz CT molecular complexity index is 1440. The van der Waals surface area contributed by atoms with E-state index in [1.54, 1.807) is 0 Å². The van der Waals surface area contributed by atoms with Crippen molar-refractivity contribution in [1.29, 1.82) is 0 Å². The van der Waals surface area contributed by atoms with Crippen molar-refractivity contribution >= 4 is 55.0 Å². The number of anilines is 1. The molecular weight excluding hydrogens is 648 g/mol. The van der Waals surface area contributed by atoms with Crippen LogP contribution in [-0.4, -0.2) is 36.0 Å². The summed E-state index contributed by atoms with van der Waals surface area (Å²) in [5.74, 6) is -0.0519.